The van der Waals surface area contributed by atoms with E-state index in [0.29, 0.717) is 0 Å². The third-order valence-electron chi connectivity index (χ3n) is 3.43. The lowest BCUT2D eigenvalue weighted by Gasteiger charge is -2.20. The highest BCUT2D eigenvalue weighted by Crippen LogP contribution is 2.34. The molecule has 0 bridgehead atoms. The second-order valence-electron chi connectivity index (χ2n) is 6.30. The Morgan fingerprint density at radius 3 is 2.05 bits per heavy atom. The van der Waals surface area contributed by atoms with Gasteiger partial charge in [0.15, 0.2) is 0 Å². The molecule has 20 heavy (non-hydrogen) atoms. The van der Waals surface area contributed by atoms with Crippen molar-refractivity contribution in [1.82, 2.24) is 0 Å². The molecule has 106 valence electrons. The van der Waals surface area contributed by atoms with Crippen molar-refractivity contribution in [3.8, 4) is 0 Å². The molecule has 0 spiro atoms. The average molecular weight is 352 g/mol. The largest absolute Gasteiger partial charge is 0.0843 e. The summed E-state index contributed by atoms with van der Waals surface area (Å²) in [5.41, 5.74) is 5.16. The van der Waals surface area contributed by atoms with Gasteiger partial charge in [-0.1, -0.05) is 78.6 Å². The van der Waals surface area contributed by atoms with Crippen LogP contribution in [0.5, 0.6) is 0 Å². The standard InChI is InChI=1S/C18H20BrCl/c1-12-9-14(11-16(20)10-12)17(19)13-5-7-15(8-6-13)18(2,3)4/h5-11,17H,1-4H3. The van der Waals surface area contributed by atoms with Crippen LogP contribution in [0.1, 0.15) is 47.9 Å². The van der Waals surface area contributed by atoms with Gasteiger partial charge >= 0.3 is 0 Å². The molecule has 0 saturated heterocycles. The zero-order valence-electron chi connectivity index (χ0n) is 12.4. The highest BCUT2D eigenvalue weighted by molar-refractivity contribution is 9.09. The van der Waals surface area contributed by atoms with Crippen LogP contribution < -0.4 is 0 Å². The minimum absolute atomic E-state index is 0.175. The van der Waals surface area contributed by atoms with Crippen molar-refractivity contribution in [3.63, 3.8) is 0 Å². The van der Waals surface area contributed by atoms with E-state index in [4.69, 9.17) is 11.6 Å². The van der Waals surface area contributed by atoms with E-state index in [1.54, 1.807) is 0 Å². The van der Waals surface area contributed by atoms with E-state index < -0.39 is 0 Å². The van der Waals surface area contributed by atoms with E-state index in [9.17, 15) is 0 Å². The Morgan fingerprint density at radius 1 is 0.950 bits per heavy atom. The van der Waals surface area contributed by atoms with Gasteiger partial charge in [-0.3, -0.25) is 0 Å². The Hall–Kier alpha value is -0.790. The number of benzene rings is 2. The molecule has 0 saturated carbocycles. The van der Waals surface area contributed by atoms with E-state index in [2.05, 4.69) is 74.0 Å². The van der Waals surface area contributed by atoms with Gasteiger partial charge in [0.05, 0.1) is 4.83 Å². The van der Waals surface area contributed by atoms with Gasteiger partial charge in [0.2, 0.25) is 0 Å². The van der Waals surface area contributed by atoms with Gasteiger partial charge < -0.3 is 0 Å². The molecule has 1 unspecified atom stereocenters. The Balaban J connectivity index is 2.31. The van der Waals surface area contributed by atoms with Crippen molar-refractivity contribution < 1.29 is 0 Å². The van der Waals surface area contributed by atoms with Gasteiger partial charge in [0.1, 0.15) is 0 Å². The topological polar surface area (TPSA) is 0 Å². The number of halogens is 2. The first-order valence-electron chi connectivity index (χ1n) is 6.79. The Morgan fingerprint density at radius 2 is 1.55 bits per heavy atom. The van der Waals surface area contributed by atoms with E-state index in [1.807, 2.05) is 12.1 Å². The van der Waals surface area contributed by atoms with Crippen LogP contribution in [0.3, 0.4) is 0 Å². The molecule has 2 aromatic rings. The summed E-state index contributed by atoms with van der Waals surface area (Å²) in [7, 11) is 0. The maximum absolute atomic E-state index is 6.15. The summed E-state index contributed by atoms with van der Waals surface area (Å²) in [5, 5.41) is 0.788. The first-order chi connectivity index (χ1) is 9.27. The zero-order valence-corrected chi connectivity index (χ0v) is 14.7. The van der Waals surface area contributed by atoms with Crippen LogP contribution in [0.25, 0.3) is 0 Å². The quantitative estimate of drug-likeness (QED) is 0.547. The van der Waals surface area contributed by atoms with Crippen LogP contribution in [-0.4, -0.2) is 0 Å². The molecule has 2 rings (SSSR count). The maximum Gasteiger partial charge on any atom is 0.0645 e. The van der Waals surface area contributed by atoms with Crippen molar-refractivity contribution in [2.24, 2.45) is 0 Å². The fourth-order valence-electron chi connectivity index (χ4n) is 2.26. The molecule has 0 radical (unpaired) electrons. The lowest BCUT2D eigenvalue weighted by atomic mass is 9.86. The lowest BCUT2D eigenvalue weighted by molar-refractivity contribution is 0.590. The Labute approximate surface area is 135 Å². The zero-order chi connectivity index (χ0) is 14.9. The number of rotatable bonds is 2. The second-order valence-corrected chi connectivity index (χ2v) is 7.65. The predicted octanol–water partition coefficient (Wildman–Crippen LogP) is 6.43. The van der Waals surface area contributed by atoms with Gasteiger partial charge in [-0.2, -0.15) is 0 Å². The van der Waals surface area contributed by atoms with Gasteiger partial charge in [-0.15, -0.1) is 0 Å². The van der Waals surface area contributed by atoms with Crippen LogP contribution in [0.15, 0.2) is 42.5 Å². The average Bonchev–Trinajstić information content (AvgIpc) is 2.36. The van der Waals surface area contributed by atoms with Crippen LogP contribution in [0.2, 0.25) is 5.02 Å². The molecule has 0 aliphatic heterocycles. The first kappa shape index (κ1) is 15.6. The Bertz CT molecular complexity index is 574. The van der Waals surface area contributed by atoms with Gasteiger partial charge in [-0.25, -0.2) is 0 Å². The fourth-order valence-corrected chi connectivity index (χ4v) is 3.12. The first-order valence-corrected chi connectivity index (χ1v) is 8.08. The highest BCUT2D eigenvalue weighted by Gasteiger charge is 2.15. The highest BCUT2D eigenvalue weighted by atomic mass is 79.9. The van der Waals surface area contributed by atoms with Crippen molar-refractivity contribution in [1.29, 1.82) is 0 Å². The number of hydrogen-bond donors (Lipinski definition) is 0. The van der Waals surface area contributed by atoms with Crippen LogP contribution in [-0.2, 0) is 5.41 Å². The molecule has 0 aromatic heterocycles. The maximum atomic E-state index is 6.15. The van der Waals surface area contributed by atoms with Crippen LogP contribution in [0, 0.1) is 6.92 Å². The summed E-state index contributed by atoms with van der Waals surface area (Å²) < 4.78 is 0. The van der Waals surface area contributed by atoms with E-state index >= 15 is 0 Å². The summed E-state index contributed by atoms with van der Waals surface area (Å²) in [4.78, 5) is 0.175. The molecule has 0 aliphatic carbocycles. The molecule has 2 aromatic carbocycles. The predicted molar refractivity (Wildman–Crippen MR) is 92.1 cm³/mol. The monoisotopic (exact) mass is 350 g/mol. The minimum atomic E-state index is 0.175. The van der Waals surface area contributed by atoms with Crippen molar-refractivity contribution >= 4 is 27.5 Å². The number of hydrogen-bond acceptors (Lipinski definition) is 0. The normalized spacial score (nSPS) is 13.3. The molecule has 0 nitrogen and oxygen atoms in total. The molecule has 0 amide bonds. The minimum Gasteiger partial charge on any atom is -0.0843 e. The van der Waals surface area contributed by atoms with Crippen LogP contribution >= 0.6 is 27.5 Å². The van der Waals surface area contributed by atoms with Gasteiger partial charge in [0, 0.05) is 5.02 Å². The van der Waals surface area contributed by atoms with Crippen molar-refractivity contribution in [3.05, 3.63) is 69.7 Å². The second kappa shape index (κ2) is 5.91. The molecule has 0 aliphatic rings. The van der Waals surface area contributed by atoms with Gasteiger partial charge in [-0.05, 0) is 46.7 Å². The smallest absolute Gasteiger partial charge is 0.0645 e. The summed E-state index contributed by atoms with van der Waals surface area (Å²) in [5.74, 6) is 0. The molecule has 2 heteroatoms. The van der Waals surface area contributed by atoms with E-state index in [0.717, 1.165) is 5.02 Å². The van der Waals surface area contributed by atoms with E-state index in [-0.39, 0.29) is 10.2 Å². The summed E-state index contributed by atoms with van der Waals surface area (Å²) in [6.07, 6.45) is 0. The molecular weight excluding hydrogens is 332 g/mol. The Kier molecular flexibility index (Phi) is 4.61. The van der Waals surface area contributed by atoms with Crippen molar-refractivity contribution in [2.75, 3.05) is 0 Å². The van der Waals surface area contributed by atoms with E-state index in [1.165, 1.54) is 22.3 Å². The third kappa shape index (κ3) is 3.65. The molecular formula is C18H20BrCl. The van der Waals surface area contributed by atoms with Crippen molar-refractivity contribution in [2.45, 2.75) is 37.9 Å². The number of alkyl halides is 1. The SMILES string of the molecule is Cc1cc(Cl)cc(C(Br)c2ccc(C(C)(C)C)cc2)c1. The lowest BCUT2D eigenvalue weighted by Crippen LogP contribution is -2.10. The number of aryl methyl sites for hydroxylation is 1. The molecule has 0 fully saturated rings. The third-order valence-corrected chi connectivity index (χ3v) is 4.70. The summed E-state index contributed by atoms with van der Waals surface area (Å²) in [6, 6.07) is 15.0. The summed E-state index contributed by atoms with van der Waals surface area (Å²) >= 11 is 9.92. The molecule has 1 atom stereocenters. The van der Waals surface area contributed by atoms with Gasteiger partial charge in [0.25, 0.3) is 0 Å². The molecule has 0 heterocycles. The molecule has 0 N–H and O–H groups in total. The summed E-state index contributed by atoms with van der Waals surface area (Å²) in [6.45, 7) is 8.76. The fraction of sp³-hybridized carbons (Fsp3) is 0.333. The van der Waals surface area contributed by atoms with Crippen LogP contribution in [0.4, 0.5) is 0 Å².